The van der Waals surface area contributed by atoms with Gasteiger partial charge in [0.05, 0.1) is 17.1 Å². The summed E-state index contributed by atoms with van der Waals surface area (Å²) in [4.78, 5) is 7.00. The molecule has 0 radical (unpaired) electrons. The van der Waals surface area contributed by atoms with Crippen LogP contribution in [0.15, 0.2) is 28.8 Å². The minimum atomic E-state index is 0.357. The number of nitrogens with zero attached hydrogens (tertiary/aromatic N) is 5. The number of aryl methyl sites for hydroxylation is 1. The molecule has 23 heavy (non-hydrogen) atoms. The second-order valence-electron chi connectivity index (χ2n) is 6.12. The van der Waals surface area contributed by atoms with E-state index < -0.39 is 0 Å². The summed E-state index contributed by atoms with van der Waals surface area (Å²) in [5.41, 5.74) is 2.09. The topological polar surface area (TPSA) is 60.0 Å². The smallest absolute Gasteiger partial charge is 0.291 e. The van der Waals surface area contributed by atoms with Crippen molar-refractivity contribution in [1.29, 1.82) is 0 Å². The predicted molar refractivity (Wildman–Crippen MR) is 87.8 cm³/mol. The van der Waals surface area contributed by atoms with E-state index in [1.54, 1.807) is 4.68 Å². The Bertz CT molecular complexity index is 815. The van der Waals surface area contributed by atoms with E-state index in [1.807, 2.05) is 18.2 Å². The molecule has 2 aromatic heterocycles. The Morgan fingerprint density at radius 1 is 1.22 bits per heavy atom. The largest absolute Gasteiger partial charge is 0.337 e. The highest BCUT2D eigenvalue weighted by molar-refractivity contribution is 5.83. The zero-order valence-corrected chi connectivity index (χ0v) is 13.6. The third-order valence-electron chi connectivity index (χ3n) is 4.47. The minimum Gasteiger partial charge on any atom is -0.337 e. The van der Waals surface area contributed by atoms with Gasteiger partial charge in [-0.3, -0.25) is 0 Å². The van der Waals surface area contributed by atoms with Gasteiger partial charge >= 0.3 is 0 Å². The Hall–Kier alpha value is -2.21. The molecule has 0 N–H and O–H groups in total. The average molecular weight is 311 g/mol. The van der Waals surface area contributed by atoms with Crippen LogP contribution in [-0.2, 0) is 6.42 Å². The second kappa shape index (κ2) is 5.77. The van der Waals surface area contributed by atoms with E-state index in [4.69, 9.17) is 4.52 Å². The summed E-state index contributed by atoms with van der Waals surface area (Å²) in [5, 5.41) is 9.97. The van der Waals surface area contributed by atoms with Crippen LogP contribution in [0.3, 0.4) is 0 Å². The highest BCUT2D eigenvalue weighted by Crippen LogP contribution is 2.27. The predicted octanol–water partition coefficient (Wildman–Crippen LogP) is 2.78. The van der Waals surface area contributed by atoms with Crippen LogP contribution in [0, 0.1) is 0 Å². The number of para-hydroxylation sites is 1. The van der Waals surface area contributed by atoms with Crippen molar-refractivity contribution < 1.29 is 4.52 Å². The lowest BCUT2D eigenvalue weighted by Gasteiger charge is -2.36. The van der Waals surface area contributed by atoms with E-state index >= 15 is 0 Å². The van der Waals surface area contributed by atoms with E-state index in [-0.39, 0.29) is 0 Å². The van der Waals surface area contributed by atoms with Gasteiger partial charge < -0.3 is 9.42 Å². The lowest BCUT2D eigenvalue weighted by Crippen LogP contribution is -2.45. The van der Waals surface area contributed by atoms with Gasteiger partial charge in [-0.15, -0.1) is 0 Å². The van der Waals surface area contributed by atoms with Gasteiger partial charge in [0, 0.05) is 18.5 Å². The molecule has 1 saturated heterocycles. The molecule has 120 valence electrons. The molecule has 0 unspecified atom stereocenters. The summed E-state index contributed by atoms with van der Waals surface area (Å²) in [6.45, 7) is 7.47. The first-order chi connectivity index (χ1) is 11.3. The zero-order valence-electron chi connectivity index (χ0n) is 13.6. The Morgan fingerprint density at radius 2 is 2.04 bits per heavy atom. The number of fused-ring (bicyclic) bond motifs is 1. The first-order valence-corrected chi connectivity index (χ1v) is 8.33. The second-order valence-corrected chi connectivity index (χ2v) is 6.12. The van der Waals surface area contributed by atoms with Crippen LogP contribution < -0.4 is 0 Å². The SMILES string of the molecule is CCCN1CC(c2nc(-n3nc(CC)c4ccccc43)no2)C1. The molecule has 3 heterocycles. The van der Waals surface area contributed by atoms with Crippen molar-refractivity contribution in [3.63, 3.8) is 0 Å². The van der Waals surface area contributed by atoms with Crippen molar-refractivity contribution in [2.45, 2.75) is 32.6 Å². The fourth-order valence-electron chi connectivity index (χ4n) is 3.25. The number of hydrogen-bond acceptors (Lipinski definition) is 5. The number of aromatic nitrogens is 4. The number of likely N-dealkylation sites (tertiary alicyclic amines) is 1. The Balaban J connectivity index is 1.63. The third-order valence-corrected chi connectivity index (χ3v) is 4.47. The lowest BCUT2D eigenvalue weighted by atomic mass is 10.0. The monoisotopic (exact) mass is 311 g/mol. The van der Waals surface area contributed by atoms with Gasteiger partial charge in [0.1, 0.15) is 0 Å². The number of rotatable bonds is 5. The van der Waals surface area contributed by atoms with E-state index in [9.17, 15) is 0 Å². The molecule has 0 bridgehead atoms. The maximum absolute atomic E-state index is 5.49. The van der Waals surface area contributed by atoms with Gasteiger partial charge in [-0.1, -0.05) is 32.0 Å². The van der Waals surface area contributed by atoms with Crippen molar-refractivity contribution >= 4 is 10.9 Å². The molecule has 1 fully saturated rings. The molecule has 1 aromatic carbocycles. The summed E-state index contributed by atoms with van der Waals surface area (Å²) >= 11 is 0. The van der Waals surface area contributed by atoms with Gasteiger partial charge in [-0.25, -0.2) is 0 Å². The molecule has 1 aliphatic heterocycles. The van der Waals surface area contributed by atoms with Crippen LogP contribution in [0.25, 0.3) is 16.9 Å². The molecule has 4 rings (SSSR count). The fourth-order valence-corrected chi connectivity index (χ4v) is 3.25. The van der Waals surface area contributed by atoms with Crippen LogP contribution in [0.2, 0.25) is 0 Å². The maximum atomic E-state index is 5.49. The molecule has 6 heteroatoms. The van der Waals surface area contributed by atoms with Crippen LogP contribution in [0.4, 0.5) is 0 Å². The Labute approximate surface area is 135 Å². The van der Waals surface area contributed by atoms with Gasteiger partial charge in [0.25, 0.3) is 5.95 Å². The Kier molecular flexibility index (Phi) is 3.61. The maximum Gasteiger partial charge on any atom is 0.291 e. The van der Waals surface area contributed by atoms with Gasteiger partial charge in [-0.05, 0) is 30.6 Å². The molecule has 3 aromatic rings. The standard InChI is InChI=1S/C17H21N5O/c1-3-9-21-10-12(11-21)16-18-17(20-23-16)22-15-8-6-5-7-13(15)14(4-2)19-22/h5-8,12H,3-4,9-11H2,1-2H3. The first-order valence-electron chi connectivity index (χ1n) is 8.33. The van der Waals surface area contributed by atoms with E-state index in [0.29, 0.717) is 11.9 Å². The Morgan fingerprint density at radius 3 is 2.83 bits per heavy atom. The van der Waals surface area contributed by atoms with Crippen molar-refractivity contribution in [2.75, 3.05) is 19.6 Å². The first kappa shape index (κ1) is 14.4. The number of benzene rings is 1. The van der Waals surface area contributed by atoms with Crippen LogP contribution in [-0.4, -0.2) is 44.5 Å². The van der Waals surface area contributed by atoms with E-state index in [0.717, 1.165) is 48.5 Å². The molecule has 0 aliphatic carbocycles. The molecule has 0 atom stereocenters. The van der Waals surface area contributed by atoms with Gasteiger partial charge in [-0.2, -0.15) is 14.8 Å². The minimum absolute atomic E-state index is 0.357. The molecular weight excluding hydrogens is 290 g/mol. The van der Waals surface area contributed by atoms with Crippen molar-refractivity contribution in [3.05, 3.63) is 35.9 Å². The van der Waals surface area contributed by atoms with E-state index in [1.165, 1.54) is 6.42 Å². The highest BCUT2D eigenvalue weighted by Gasteiger charge is 2.32. The summed E-state index contributed by atoms with van der Waals surface area (Å²) in [5.74, 6) is 1.62. The molecular formula is C17H21N5O. The van der Waals surface area contributed by atoms with Gasteiger partial charge in [0.2, 0.25) is 5.89 Å². The number of hydrogen-bond donors (Lipinski definition) is 0. The van der Waals surface area contributed by atoms with E-state index in [2.05, 4.69) is 40.1 Å². The lowest BCUT2D eigenvalue weighted by molar-refractivity contribution is 0.125. The van der Waals surface area contributed by atoms with Gasteiger partial charge in [0.15, 0.2) is 0 Å². The average Bonchev–Trinajstić information content (AvgIpc) is 3.14. The molecule has 6 nitrogen and oxygen atoms in total. The third kappa shape index (κ3) is 2.43. The zero-order chi connectivity index (χ0) is 15.8. The molecule has 0 spiro atoms. The van der Waals surface area contributed by atoms with Crippen LogP contribution in [0.1, 0.15) is 37.8 Å². The normalized spacial score (nSPS) is 16.1. The van der Waals surface area contributed by atoms with Crippen molar-refractivity contribution in [3.8, 4) is 5.95 Å². The van der Waals surface area contributed by atoms with Crippen LogP contribution in [0.5, 0.6) is 0 Å². The summed E-state index contributed by atoms with van der Waals surface area (Å²) in [6.07, 6.45) is 2.06. The molecule has 0 amide bonds. The molecule has 1 aliphatic rings. The van der Waals surface area contributed by atoms with Crippen LogP contribution >= 0.6 is 0 Å². The summed E-state index contributed by atoms with van der Waals surface area (Å²) < 4.78 is 7.29. The summed E-state index contributed by atoms with van der Waals surface area (Å²) in [6, 6.07) is 8.18. The highest BCUT2D eigenvalue weighted by atomic mass is 16.5. The van der Waals surface area contributed by atoms with Crippen molar-refractivity contribution in [2.24, 2.45) is 0 Å². The quantitative estimate of drug-likeness (QED) is 0.725. The fraction of sp³-hybridized carbons (Fsp3) is 0.471. The summed E-state index contributed by atoms with van der Waals surface area (Å²) in [7, 11) is 0. The molecule has 0 saturated carbocycles. The van der Waals surface area contributed by atoms with Crippen molar-refractivity contribution in [1.82, 2.24) is 24.8 Å².